The zero-order valence-electron chi connectivity index (χ0n) is 16.8. The van der Waals surface area contributed by atoms with Crippen molar-refractivity contribution in [3.05, 3.63) is 90.5 Å². The summed E-state index contributed by atoms with van der Waals surface area (Å²) < 4.78 is 0. The largest absolute Gasteiger partial charge is 0.478 e. The maximum atomic E-state index is 12.4. The Hall–Kier alpha value is -4.04. The van der Waals surface area contributed by atoms with Gasteiger partial charge in [-0.3, -0.25) is 4.79 Å². The van der Waals surface area contributed by atoms with Gasteiger partial charge >= 0.3 is 5.97 Å². The van der Waals surface area contributed by atoms with Crippen molar-refractivity contribution in [1.29, 1.82) is 0 Å². The summed E-state index contributed by atoms with van der Waals surface area (Å²) in [6, 6.07) is 25.5. The lowest BCUT2D eigenvalue weighted by atomic mass is 10.0. The van der Waals surface area contributed by atoms with Crippen molar-refractivity contribution in [2.24, 2.45) is 0 Å². The Bertz CT molecular complexity index is 1250. The molecule has 1 amide bonds. The number of benzene rings is 3. The molecule has 1 heterocycles. The number of aromatic nitrogens is 3. The molecule has 0 atom stereocenters. The molecule has 0 saturated carbocycles. The van der Waals surface area contributed by atoms with Gasteiger partial charge in [-0.15, -0.1) is 10.2 Å². The van der Waals surface area contributed by atoms with Gasteiger partial charge in [0, 0.05) is 16.8 Å². The first-order valence-electron chi connectivity index (χ1n) is 9.72. The quantitative estimate of drug-likeness (QED) is 0.402. The molecule has 4 aromatic rings. The summed E-state index contributed by atoms with van der Waals surface area (Å²) in [6.45, 7) is 0. The normalized spacial score (nSPS) is 10.5. The minimum Gasteiger partial charge on any atom is -0.478 e. The van der Waals surface area contributed by atoms with E-state index in [4.69, 9.17) is 5.11 Å². The lowest BCUT2D eigenvalue weighted by Gasteiger charge is -2.09. The van der Waals surface area contributed by atoms with Crippen LogP contribution < -0.4 is 5.32 Å². The van der Waals surface area contributed by atoms with E-state index in [9.17, 15) is 9.59 Å². The van der Waals surface area contributed by atoms with E-state index in [0.717, 1.165) is 22.9 Å². The zero-order valence-corrected chi connectivity index (χ0v) is 17.6. The van der Waals surface area contributed by atoms with Crippen LogP contribution in [0.25, 0.3) is 22.5 Å². The van der Waals surface area contributed by atoms with Crippen LogP contribution in [0.2, 0.25) is 0 Å². The molecule has 8 heteroatoms. The van der Waals surface area contributed by atoms with Gasteiger partial charge in [0.15, 0.2) is 0 Å². The second kappa shape index (κ2) is 9.84. The monoisotopic (exact) mass is 442 g/mol. The summed E-state index contributed by atoms with van der Waals surface area (Å²) in [5, 5.41) is 20.7. The number of carbonyl (C=O) groups excluding carboxylic acids is 1. The summed E-state index contributed by atoms with van der Waals surface area (Å²) >= 11 is 1.16. The van der Waals surface area contributed by atoms with E-state index in [1.165, 1.54) is 12.1 Å². The minimum atomic E-state index is -1.05. The first-order chi connectivity index (χ1) is 15.6. The molecule has 0 aliphatic heterocycles. The molecular formula is C24H18N4O3S. The van der Waals surface area contributed by atoms with Crippen molar-refractivity contribution in [3.63, 3.8) is 0 Å². The van der Waals surface area contributed by atoms with Crippen molar-refractivity contribution in [2.75, 3.05) is 11.1 Å². The Balaban J connectivity index is 1.52. The number of thioether (sulfide) groups is 1. The highest BCUT2D eigenvalue weighted by molar-refractivity contribution is 7.99. The van der Waals surface area contributed by atoms with E-state index >= 15 is 0 Å². The molecule has 0 aliphatic rings. The van der Waals surface area contributed by atoms with Gasteiger partial charge in [-0.1, -0.05) is 78.5 Å². The SMILES string of the molecule is O=C(CSc1nnc(-c2ccccc2)c(-c2ccccc2)n1)Nc1cccc(C(=O)O)c1. The first kappa shape index (κ1) is 21.2. The predicted molar refractivity (Wildman–Crippen MR) is 123 cm³/mol. The number of hydrogen-bond acceptors (Lipinski definition) is 6. The van der Waals surface area contributed by atoms with Crippen LogP contribution in [0.15, 0.2) is 90.1 Å². The molecule has 0 fully saturated rings. The average Bonchev–Trinajstić information content (AvgIpc) is 2.84. The molecule has 0 radical (unpaired) electrons. The summed E-state index contributed by atoms with van der Waals surface area (Å²) in [6.07, 6.45) is 0. The van der Waals surface area contributed by atoms with Crippen molar-refractivity contribution in [3.8, 4) is 22.5 Å². The van der Waals surface area contributed by atoms with Crippen LogP contribution >= 0.6 is 11.8 Å². The van der Waals surface area contributed by atoms with Gasteiger partial charge in [0.25, 0.3) is 0 Å². The van der Waals surface area contributed by atoms with Crippen molar-refractivity contribution >= 4 is 29.3 Å². The molecule has 3 aromatic carbocycles. The van der Waals surface area contributed by atoms with Gasteiger partial charge in [0.2, 0.25) is 11.1 Å². The van der Waals surface area contributed by atoms with E-state index < -0.39 is 5.97 Å². The maximum absolute atomic E-state index is 12.4. The Labute approximate surface area is 188 Å². The molecule has 1 aromatic heterocycles. The fourth-order valence-corrected chi connectivity index (χ4v) is 3.60. The predicted octanol–water partition coefficient (Wildman–Crippen LogP) is 4.63. The number of carbonyl (C=O) groups is 2. The number of carboxylic acid groups (broad SMARTS) is 1. The van der Waals surface area contributed by atoms with Crippen LogP contribution in [0.5, 0.6) is 0 Å². The number of hydrogen-bond donors (Lipinski definition) is 2. The van der Waals surface area contributed by atoms with Gasteiger partial charge in [-0.2, -0.15) is 0 Å². The molecule has 32 heavy (non-hydrogen) atoms. The molecule has 2 N–H and O–H groups in total. The average molecular weight is 443 g/mol. The van der Waals surface area contributed by atoms with Crippen LogP contribution in [0.1, 0.15) is 10.4 Å². The fourth-order valence-electron chi connectivity index (χ4n) is 3.02. The summed E-state index contributed by atoms with van der Waals surface area (Å²) in [5.41, 5.74) is 3.67. The number of aromatic carboxylic acids is 1. The van der Waals surface area contributed by atoms with Crippen LogP contribution in [0, 0.1) is 0 Å². The van der Waals surface area contributed by atoms with Crippen LogP contribution in [0.3, 0.4) is 0 Å². The number of amides is 1. The van der Waals surface area contributed by atoms with Gasteiger partial charge in [-0.05, 0) is 18.2 Å². The molecule has 7 nitrogen and oxygen atoms in total. The van der Waals surface area contributed by atoms with Crippen LogP contribution in [-0.4, -0.2) is 37.9 Å². The van der Waals surface area contributed by atoms with Crippen molar-refractivity contribution < 1.29 is 14.7 Å². The zero-order chi connectivity index (χ0) is 22.3. The topological polar surface area (TPSA) is 105 Å². The molecule has 0 spiro atoms. The summed E-state index contributed by atoms with van der Waals surface area (Å²) in [5.74, 6) is -1.30. The standard InChI is InChI=1S/C24H18N4O3S/c29-20(25-19-13-7-12-18(14-19)23(30)31)15-32-24-26-21(16-8-3-1-4-9-16)22(27-28-24)17-10-5-2-6-11-17/h1-14H,15H2,(H,25,29)(H,30,31). The maximum Gasteiger partial charge on any atom is 0.335 e. The van der Waals surface area contributed by atoms with E-state index in [-0.39, 0.29) is 17.2 Å². The lowest BCUT2D eigenvalue weighted by molar-refractivity contribution is -0.113. The Morgan fingerprint density at radius 2 is 1.47 bits per heavy atom. The van der Waals surface area contributed by atoms with E-state index in [1.54, 1.807) is 12.1 Å². The summed E-state index contributed by atoms with van der Waals surface area (Å²) in [4.78, 5) is 28.1. The van der Waals surface area contributed by atoms with E-state index in [1.807, 2.05) is 60.7 Å². The summed E-state index contributed by atoms with van der Waals surface area (Å²) in [7, 11) is 0. The smallest absolute Gasteiger partial charge is 0.335 e. The van der Waals surface area contributed by atoms with Gasteiger partial charge in [0.1, 0.15) is 11.4 Å². The number of rotatable bonds is 7. The number of nitrogens with one attached hydrogen (secondary N) is 1. The molecule has 0 saturated heterocycles. The Morgan fingerprint density at radius 3 is 2.12 bits per heavy atom. The molecule has 0 bridgehead atoms. The van der Waals surface area contributed by atoms with Crippen molar-refractivity contribution in [2.45, 2.75) is 5.16 Å². The second-order valence-electron chi connectivity index (χ2n) is 6.75. The molecule has 158 valence electrons. The Morgan fingerprint density at radius 1 is 0.812 bits per heavy atom. The highest BCUT2D eigenvalue weighted by Gasteiger charge is 2.15. The third-order valence-electron chi connectivity index (χ3n) is 4.49. The number of nitrogens with zero attached hydrogens (tertiary/aromatic N) is 3. The van der Waals surface area contributed by atoms with Gasteiger partial charge < -0.3 is 10.4 Å². The fraction of sp³-hybridized carbons (Fsp3) is 0.0417. The highest BCUT2D eigenvalue weighted by atomic mass is 32.2. The van der Waals surface area contributed by atoms with Gasteiger partial charge in [-0.25, -0.2) is 9.78 Å². The van der Waals surface area contributed by atoms with Crippen LogP contribution in [-0.2, 0) is 4.79 Å². The first-order valence-corrected chi connectivity index (χ1v) is 10.7. The van der Waals surface area contributed by atoms with E-state index in [0.29, 0.717) is 22.2 Å². The molecule has 0 aliphatic carbocycles. The Kier molecular flexibility index (Phi) is 6.52. The number of carboxylic acids is 1. The second-order valence-corrected chi connectivity index (χ2v) is 7.69. The van der Waals surface area contributed by atoms with E-state index in [2.05, 4.69) is 20.5 Å². The molecule has 0 unspecified atom stereocenters. The number of anilines is 1. The molecular weight excluding hydrogens is 424 g/mol. The highest BCUT2D eigenvalue weighted by Crippen LogP contribution is 2.29. The lowest BCUT2D eigenvalue weighted by Crippen LogP contribution is -2.15. The molecule has 4 rings (SSSR count). The third kappa shape index (κ3) is 5.16. The van der Waals surface area contributed by atoms with Crippen molar-refractivity contribution in [1.82, 2.24) is 15.2 Å². The third-order valence-corrected chi connectivity index (χ3v) is 5.33. The van der Waals surface area contributed by atoms with Gasteiger partial charge in [0.05, 0.1) is 11.3 Å². The van der Waals surface area contributed by atoms with Crippen LogP contribution in [0.4, 0.5) is 5.69 Å². The minimum absolute atomic E-state index is 0.0535.